The first-order chi connectivity index (χ1) is 15.7. The van der Waals surface area contributed by atoms with Crippen molar-refractivity contribution in [1.82, 2.24) is 15.1 Å². The molecule has 0 unspecified atom stereocenters. The number of rotatable bonds is 10. The van der Waals surface area contributed by atoms with Crippen LogP contribution < -0.4 is 5.32 Å². The van der Waals surface area contributed by atoms with Crippen LogP contribution in [-0.2, 0) is 22.6 Å². The number of ether oxygens (including phenoxy) is 2. The number of benzene rings is 1. The van der Waals surface area contributed by atoms with Crippen LogP contribution in [0.15, 0.2) is 29.3 Å². The van der Waals surface area contributed by atoms with Gasteiger partial charge in [-0.2, -0.15) is 0 Å². The third-order valence-corrected chi connectivity index (χ3v) is 6.32. The molecule has 1 aromatic carbocycles. The highest BCUT2D eigenvalue weighted by Gasteiger charge is 2.22. The highest BCUT2D eigenvalue weighted by atomic mass is 16.5. The second kappa shape index (κ2) is 13.8. The molecule has 2 N–H and O–H groups in total. The molecule has 7 nitrogen and oxygen atoms in total. The first-order valence-electron chi connectivity index (χ1n) is 12.3. The molecule has 0 saturated carbocycles. The summed E-state index contributed by atoms with van der Waals surface area (Å²) in [7, 11) is 1.73. The van der Waals surface area contributed by atoms with E-state index < -0.39 is 0 Å². The van der Waals surface area contributed by atoms with Gasteiger partial charge in [0.1, 0.15) is 0 Å². The van der Waals surface area contributed by atoms with Crippen molar-refractivity contribution in [3.63, 3.8) is 0 Å². The van der Waals surface area contributed by atoms with Crippen molar-refractivity contribution in [3.05, 3.63) is 35.4 Å². The van der Waals surface area contributed by atoms with E-state index in [4.69, 9.17) is 14.5 Å². The average molecular weight is 447 g/mol. The van der Waals surface area contributed by atoms with Crippen molar-refractivity contribution < 1.29 is 14.6 Å². The molecule has 7 heteroatoms. The van der Waals surface area contributed by atoms with Crippen LogP contribution >= 0.6 is 0 Å². The number of nitrogens with one attached hydrogen (secondary N) is 1. The van der Waals surface area contributed by atoms with Gasteiger partial charge in [0.15, 0.2) is 5.96 Å². The minimum absolute atomic E-state index is 0.114. The van der Waals surface area contributed by atoms with Gasteiger partial charge in [0.25, 0.3) is 0 Å². The van der Waals surface area contributed by atoms with Gasteiger partial charge in [0.2, 0.25) is 0 Å². The van der Waals surface area contributed by atoms with Crippen molar-refractivity contribution in [2.45, 2.75) is 64.3 Å². The van der Waals surface area contributed by atoms with E-state index in [1.165, 1.54) is 11.1 Å². The molecular weight excluding hydrogens is 404 g/mol. The van der Waals surface area contributed by atoms with Gasteiger partial charge in [-0.25, -0.2) is 4.99 Å². The number of aliphatic hydroxyl groups is 1. The molecule has 0 spiro atoms. The van der Waals surface area contributed by atoms with E-state index in [1.807, 2.05) is 0 Å². The predicted molar refractivity (Wildman–Crippen MR) is 129 cm³/mol. The van der Waals surface area contributed by atoms with E-state index in [2.05, 4.69) is 46.3 Å². The molecule has 1 aromatic rings. The van der Waals surface area contributed by atoms with E-state index in [0.717, 1.165) is 90.5 Å². The fourth-order valence-electron chi connectivity index (χ4n) is 4.37. The molecule has 2 fully saturated rings. The Hall–Kier alpha value is -1.67. The van der Waals surface area contributed by atoms with E-state index in [0.29, 0.717) is 12.6 Å². The normalized spacial score (nSPS) is 19.5. The summed E-state index contributed by atoms with van der Waals surface area (Å²) in [6, 6.07) is 8.83. The first kappa shape index (κ1) is 25.0. The quantitative estimate of drug-likeness (QED) is 0.327. The molecule has 0 bridgehead atoms. The molecule has 0 aliphatic carbocycles. The van der Waals surface area contributed by atoms with Gasteiger partial charge in [-0.3, -0.25) is 4.90 Å². The summed E-state index contributed by atoms with van der Waals surface area (Å²) < 4.78 is 11.1. The van der Waals surface area contributed by atoms with Crippen LogP contribution in [0.1, 0.15) is 50.2 Å². The Morgan fingerprint density at radius 3 is 2.38 bits per heavy atom. The molecule has 32 heavy (non-hydrogen) atoms. The van der Waals surface area contributed by atoms with Crippen LogP contribution in [0, 0.1) is 0 Å². The van der Waals surface area contributed by atoms with Gasteiger partial charge in [0, 0.05) is 59.6 Å². The second-order valence-corrected chi connectivity index (χ2v) is 8.90. The summed E-state index contributed by atoms with van der Waals surface area (Å²) in [5, 5.41) is 13.1. The fourth-order valence-corrected chi connectivity index (χ4v) is 4.37. The van der Waals surface area contributed by atoms with Crippen LogP contribution in [0.5, 0.6) is 0 Å². The van der Waals surface area contributed by atoms with Gasteiger partial charge in [-0.15, -0.1) is 0 Å². The van der Waals surface area contributed by atoms with Gasteiger partial charge in [-0.05, 0) is 50.2 Å². The summed E-state index contributed by atoms with van der Waals surface area (Å²) in [6.45, 7) is 10.1. The van der Waals surface area contributed by atoms with Crippen molar-refractivity contribution >= 4 is 5.96 Å². The number of aliphatic hydroxyl groups excluding tert-OH is 1. The number of guanidine groups is 1. The standard InChI is InChI=1S/C25H42N4O3/c1-3-26-25(29-15-11-24(12-16-29)32-18-4-17-31-2)27-19-21-5-7-22(8-6-21)20-28-13-9-23(30)10-14-28/h5-8,23-24,30H,3-4,9-20H2,1-2H3,(H,26,27). The highest BCUT2D eigenvalue weighted by Crippen LogP contribution is 2.16. The number of hydrogen-bond donors (Lipinski definition) is 2. The maximum atomic E-state index is 9.67. The zero-order chi connectivity index (χ0) is 22.6. The monoisotopic (exact) mass is 446 g/mol. The topological polar surface area (TPSA) is 69.6 Å². The molecule has 180 valence electrons. The summed E-state index contributed by atoms with van der Waals surface area (Å²) >= 11 is 0. The number of hydrogen-bond acceptors (Lipinski definition) is 5. The van der Waals surface area contributed by atoms with Crippen LogP contribution in [0.4, 0.5) is 0 Å². The van der Waals surface area contributed by atoms with Gasteiger partial charge in [-0.1, -0.05) is 24.3 Å². The third kappa shape index (κ3) is 8.35. The number of likely N-dealkylation sites (tertiary alicyclic amines) is 2. The molecule has 0 aromatic heterocycles. The van der Waals surface area contributed by atoms with E-state index in [-0.39, 0.29) is 6.10 Å². The Labute approximate surface area is 193 Å². The highest BCUT2D eigenvalue weighted by molar-refractivity contribution is 5.80. The van der Waals surface area contributed by atoms with E-state index in [1.54, 1.807) is 7.11 Å². The van der Waals surface area contributed by atoms with Gasteiger partial charge < -0.3 is 24.8 Å². The van der Waals surface area contributed by atoms with Crippen molar-refractivity contribution in [3.8, 4) is 0 Å². The fraction of sp³-hybridized carbons (Fsp3) is 0.720. The van der Waals surface area contributed by atoms with Crippen LogP contribution in [0.25, 0.3) is 0 Å². The minimum atomic E-state index is -0.114. The molecule has 0 radical (unpaired) electrons. The zero-order valence-electron chi connectivity index (χ0n) is 20.0. The maximum Gasteiger partial charge on any atom is 0.194 e. The first-order valence-corrected chi connectivity index (χ1v) is 12.3. The molecular formula is C25H42N4O3. The van der Waals surface area contributed by atoms with Crippen molar-refractivity contribution in [1.29, 1.82) is 0 Å². The lowest BCUT2D eigenvalue weighted by atomic mass is 10.1. The zero-order valence-corrected chi connectivity index (χ0v) is 20.0. The summed E-state index contributed by atoms with van der Waals surface area (Å²) in [5.41, 5.74) is 2.56. The number of piperidine rings is 2. The van der Waals surface area contributed by atoms with Gasteiger partial charge in [0.05, 0.1) is 18.8 Å². The number of nitrogens with zero attached hydrogens (tertiary/aromatic N) is 3. The lowest BCUT2D eigenvalue weighted by Crippen LogP contribution is -2.47. The van der Waals surface area contributed by atoms with Crippen LogP contribution in [0.2, 0.25) is 0 Å². The van der Waals surface area contributed by atoms with Crippen LogP contribution in [0.3, 0.4) is 0 Å². The summed E-state index contributed by atoms with van der Waals surface area (Å²) in [6.07, 6.45) is 5.05. The lowest BCUT2D eigenvalue weighted by Gasteiger charge is -2.34. The average Bonchev–Trinajstić information content (AvgIpc) is 2.82. The smallest absolute Gasteiger partial charge is 0.194 e. The van der Waals surface area contributed by atoms with Crippen molar-refractivity contribution in [2.24, 2.45) is 4.99 Å². The molecule has 2 aliphatic heterocycles. The Morgan fingerprint density at radius 2 is 1.72 bits per heavy atom. The lowest BCUT2D eigenvalue weighted by molar-refractivity contribution is 0.00990. The predicted octanol–water partition coefficient (Wildman–Crippen LogP) is 2.63. The Kier molecular flexibility index (Phi) is 10.8. The number of aliphatic imine (C=N–C) groups is 1. The van der Waals surface area contributed by atoms with Gasteiger partial charge >= 0.3 is 0 Å². The minimum Gasteiger partial charge on any atom is -0.393 e. The second-order valence-electron chi connectivity index (χ2n) is 8.90. The molecule has 2 aliphatic rings. The molecule has 2 saturated heterocycles. The van der Waals surface area contributed by atoms with E-state index >= 15 is 0 Å². The van der Waals surface area contributed by atoms with E-state index in [9.17, 15) is 5.11 Å². The van der Waals surface area contributed by atoms with Crippen LogP contribution in [-0.4, -0.2) is 86.1 Å². The molecule has 3 rings (SSSR count). The summed E-state index contributed by atoms with van der Waals surface area (Å²) in [5.74, 6) is 1.00. The molecule has 0 atom stereocenters. The van der Waals surface area contributed by atoms with Crippen molar-refractivity contribution in [2.75, 3.05) is 53.0 Å². The Morgan fingerprint density at radius 1 is 1.03 bits per heavy atom. The molecule has 0 amide bonds. The molecule has 2 heterocycles. The SMILES string of the molecule is CCNC(=NCc1ccc(CN2CCC(O)CC2)cc1)N1CCC(OCCCOC)CC1. The maximum absolute atomic E-state index is 9.67. The third-order valence-electron chi connectivity index (χ3n) is 6.32. The summed E-state index contributed by atoms with van der Waals surface area (Å²) in [4.78, 5) is 9.69. The Balaban J connectivity index is 1.45. The number of methoxy groups -OCH3 is 1. The Bertz CT molecular complexity index is 666. The largest absolute Gasteiger partial charge is 0.393 e.